The molecule has 94 valence electrons. The van der Waals surface area contributed by atoms with Crippen LogP contribution in [0.1, 0.15) is 12.0 Å². The normalized spacial score (nSPS) is 11.3. The van der Waals surface area contributed by atoms with E-state index < -0.39 is 12.3 Å². The SMILES string of the molecule is O=C(O)CCc1ccc(Br)c(OC(F)(F)F)c1. The van der Waals surface area contributed by atoms with Crippen LogP contribution < -0.4 is 4.74 Å². The van der Waals surface area contributed by atoms with Gasteiger partial charge in [0.2, 0.25) is 0 Å². The van der Waals surface area contributed by atoms with Gasteiger partial charge in [-0.05, 0) is 40.0 Å². The maximum absolute atomic E-state index is 12.0. The lowest BCUT2D eigenvalue weighted by molar-refractivity contribution is -0.274. The first-order valence-corrected chi connectivity index (χ1v) is 5.33. The summed E-state index contributed by atoms with van der Waals surface area (Å²) in [5, 5.41) is 8.46. The highest BCUT2D eigenvalue weighted by Gasteiger charge is 2.32. The minimum absolute atomic E-state index is 0.146. The van der Waals surface area contributed by atoms with Crippen LogP contribution in [-0.2, 0) is 11.2 Å². The molecule has 1 N–H and O–H groups in total. The Labute approximate surface area is 103 Å². The van der Waals surface area contributed by atoms with E-state index in [1.54, 1.807) is 0 Å². The second-order valence-corrected chi connectivity index (χ2v) is 4.06. The molecule has 0 saturated carbocycles. The summed E-state index contributed by atoms with van der Waals surface area (Å²) in [5.41, 5.74) is 0.467. The topological polar surface area (TPSA) is 46.5 Å². The van der Waals surface area contributed by atoms with Crippen LogP contribution in [0.4, 0.5) is 13.2 Å². The molecular weight excluding hydrogens is 305 g/mol. The predicted molar refractivity (Wildman–Crippen MR) is 56.8 cm³/mol. The Morgan fingerprint density at radius 2 is 2.06 bits per heavy atom. The van der Waals surface area contributed by atoms with E-state index in [0.717, 1.165) is 0 Å². The number of ether oxygens (including phenoxy) is 1. The highest BCUT2D eigenvalue weighted by atomic mass is 79.9. The third-order valence-electron chi connectivity index (χ3n) is 1.85. The summed E-state index contributed by atoms with van der Waals surface area (Å²) in [4.78, 5) is 10.3. The molecule has 0 unspecified atom stereocenters. The lowest BCUT2D eigenvalue weighted by Crippen LogP contribution is -2.17. The van der Waals surface area contributed by atoms with Crippen molar-refractivity contribution in [1.82, 2.24) is 0 Å². The predicted octanol–water partition coefficient (Wildman–Crippen LogP) is 3.36. The van der Waals surface area contributed by atoms with Crippen LogP contribution in [0.15, 0.2) is 22.7 Å². The number of carboxylic acid groups (broad SMARTS) is 1. The molecule has 0 aliphatic rings. The van der Waals surface area contributed by atoms with Crippen LogP contribution >= 0.6 is 15.9 Å². The van der Waals surface area contributed by atoms with Gasteiger partial charge in [0.15, 0.2) is 0 Å². The van der Waals surface area contributed by atoms with Crippen LogP contribution in [0.3, 0.4) is 0 Å². The van der Waals surface area contributed by atoms with Crippen molar-refractivity contribution in [3.05, 3.63) is 28.2 Å². The van der Waals surface area contributed by atoms with Crippen molar-refractivity contribution in [3.63, 3.8) is 0 Å². The Kier molecular flexibility index (Phi) is 4.39. The van der Waals surface area contributed by atoms with Gasteiger partial charge >= 0.3 is 12.3 Å². The zero-order valence-corrected chi connectivity index (χ0v) is 10.0. The molecule has 1 rings (SSSR count). The Bertz CT molecular complexity index is 418. The number of alkyl halides is 3. The lowest BCUT2D eigenvalue weighted by atomic mass is 10.1. The highest BCUT2D eigenvalue weighted by Crippen LogP contribution is 2.31. The number of rotatable bonds is 4. The van der Waals surface area contributed by atoms with E-state index in [4.69, 9.17) is 5.11 Å². The first-order chi connectivity index (χ1) is 7.78. The standard InChI is InChI=1S/C10H8BrF3O3/c11-7-3-1-6(2-4-9(15)16)5-8(7)17-10(12,13)14/h1,3,5H,2,4H2,(H,15,16). The summed E-state index contributed by atoms with van der Waals surface area (Å²) >= 11 is 2.92. The molecule has 0 amide bonds. The van der Waals surface area contributed by atoms with Gasteiger partial charge in [-0.2, -0.15) is 0 Å². The van der Waals surface area contributed by atoms with Crippen LogP contribution in [-0.4, -0.2) is 17.4 Å². The summed E-state index contributed by atoms with van der Waals surface area (Å²) in [5.74, 6) is -1.38. The van der Waals surface area contributed by atoms with Crippen LogP contribution in [0, 0.1) is 0 Å². The van der Waals surface area contributed by atoms with Crippen molar-refractivity contribution in [2.45, 2.75) is 19.2 Å². The average Bonchev–Trinajstić information content (AvgIpc) is 2.17. The van der Waals surface area contributed by atoms with Gasteiger partial charge in [-0.15, -0.1) is 13.2 Å². The maximum Gasteiger partial charge on any atom is 0.573 e. The first-order valence-electron chi connectivity index (χ1n) is 4.54. The number of benzene rings is 1. The summed E-state index contributed by atoms with van der Waals surface area (Å²) < 4.78 is 40.0. The molecule has 0 bridgehead atoms. The number of carboxylic acids is 1. The lowest BCUT2D eigenvalue weighted by Gasteiger charge is -2.11. The fourth-order valence-electron chi connectivity index (χ4n) is 1.16. The van der Waals surface area contributed by atoms with E-state index >= 15 is 0 Å². The summed E-state index contributed by atoms with van der Waals surface area (Å²) in [6.07, 6.45) is -4.77. The molecule has 0 fully saturated rings. The third kappa shape index (κ3) is 5.08. The quantitative estimate of drug-likeness (QED) is 0.927. The fraction of sp³-hybridized carbons (Fsp3) is 0.300. The monoisotopic (exact) mass is 312 g/mol. The molecule has 0 saturated heterocycles. The Morgan fingerprint density at radius 3 is 2.59 bits per heavy atom. The number of carbonyl (C=O) groups is 1. The second kappa shape index (κ2) is 5.39. The van der Waals surface area contributed by atoms with Crippen LogP contribution in [0.2, 0.25) is 0 Å². The van der Waals surface area contributed by atoms with Gasteiger partial charge in [-0.1, -0.05) is 6.07 Å². The third-order valence-corrected chi connectivity index (χ3v) is 2.50. The van der Waals surface area contributed by atoms with Gasteiger partial charge in [0.1, 0.15) is 5.75 Å². The maximum atomic E-state index is 12.0. The molecular formula is C10H8BrF3O3. The minimum atomic E-state index is -4.77. The van der Waals surface area contributed by atoms with Gasteiger partial charge in [-0.3, -0.25) is 4.79 Å². The van der Waals surface area contributed by atoms with Crippen molar-refractivity contribution in [2.75, 3.05) is 0 Å². The minimum Gasteiger partial charge on any atom is -0.481 e. The summed E-state index contributed by atoms with van der Waals surface area (Å²) in [7, 11) is 0. The average molecular weight is 313 g/mol. The number of halogens is 4. The fourth-order valence-corrected chi connectivity index (χ4v) is 1.49. The van der Waals surface area contributed by atoms with Gasteiger partial charge in [-0.25, -0.2) is 0 Å². The summed E-state index contributed by atoms with van der Waals surface area (Å²) in [6.45, 7) is 0. The number of aryl methyl sites for hydroxylation is 1. The van der Waals surface area contributed by atoms with E-state index in [1.165, 1.54) is 18.2 Å². The largest absolute Gasteiger partial charge is 0.573 e. The molecule has 1 aromatic carbocycles. The van der Waals surface area contributed by atoms with E-state index in [2.05, 4.69) is 20.7 Å². The van der Waals surface area contributed by atoms with E-state index in [9.17, 15) is 18.0 Å². The molecule has 0 aliphatic heterocycles. The molecule has 7 heteroatoms. The first kappa shape index (κ1) is 13.8. The van der Waals surface area contributed by atoms with Gasteiger partial charge < -0.3 is 9.84 Å². The zero-order valence-electron chi connectivity index (χ0n) is 8.42. The molecule has 0 heterocycles. The van der Waals surface area contributed by atoms with Gasteiger partial charge in [0.05, 0.1) is 4.47 Å². The number of hydrogen-bond donors (Lipinski definition) is 1. The number of hydrogen-bond acceptors (Lipinski definition) is 2. The zero-order chi connectivity index (χ0) is 13.1. The Balaban J connectivity index is 2.83. The van der Waals surface area contributed by atoms with E-state index in [0.29, 0.717) is 5.56 Å². The molecule has 0 atom stereocenters. The molecule has 1 aromatic rings. The van der Waals surface area contributed by atoms with E-state index in [-0.39, 0.29) is 23.1 Å². The smallest absolute Gasteiger partial charge is 0.481 e. The number of aliphatic carboxylic acids is 1. The van der Waals surface area contributed by atoms with Crippen molar-refractivity contribution in [1.29, 1.82) is 0 Å². The van der Waals surface area contributed by atoms with Crippen molar-refractivity contribution < 1.29 is 27.8 Å². The van der Waals surface area contributed by atoms with Crippen molar-refractivity contribution in [3.8, 4) is 5.75 Å². The molecule has 0 spiro atoms. The van der Waals surface area contributed by atoms with Gasteiger partial charge in [0.25, 0.3) is 0 Å². The summed E-state index contributed by atoms with van der Waals surface area (Å²) in [6, 6.07) is 4.09. The Morgan fingerprint density at radius 1 is 1.41 bits per heavy atom. The highest BCUT2D eigenvalue weighted by molar-refractivity contribution is 9.10. The molecule has 0 radical (unpaired) electrons. The Hall–Kier alpha value is -1.24. The molecule has 0 aliphatic carbocycles. The molecule has 17 heavy (non-hydrogen) atoms. The van der Waals surface area contributed by atoms with Gasteiger partial charge in [0, 0.05) is 6.42 Å². The van der Waals surface area contributed by atoms with Crippen LogP contribution in [0.25, 0.3) is 0 Å². The van der Waals surface area contributed by atoms with Crippen LogP contribution in [0.5, 0.6) is 5.75 Å². The second-order valence-electron chi connectivity index (χ2n) is 3.21. The van der Waals surface area contributed by atoms with Crippen molar-refractivity contribution >= 4 is 21.9 Å². The molecule has 3 nitrogen and oxygen atoms in total. The van der Waals surface area contributed by atoms with E-state index in [1.807, 2.05) is 0 Å². The molecule has 0 aromatic heterocycles. The van der Waals surface area contributed by atoms with Crippen molar-refractivity contribution in [2.24, 2.45) is 0 Å².